The topological polar surface area (TPSA) is 102 Å². The molecule has 0 aliphatic heterocycles. The van der Waals surface area contributed by atoms with Gasteiger partial charge in [-0.15, -0.1) is 0 Å². The molecule has 1 amide bonds. The molecule has 0 aromatic heterocycles. The first-order chi connectivity index (χ1) is 12.0. The number of sulfonamides is 1. The van der Waals surface area contributed by atoms with E-state index in [-0.39, 0.29) is 17.4 Å². The van der Waals surface area contributed by atoms with Crippen molar-refractivity contribution in [1.29, 1.82) is 0 Å². The first-order valence-electron chi connectivity index (χ1n) is 8.64. The molecule has 0 saturated heterocycles. The van der Waals surface area contributed by atoms with Crippen molar-refractivity contribution in [3.63, 3.8) is 0 Å². The third kappa shape index (κ3) is 7.53. The number of ether oxygens (including phenoxy) is 1. The molecule has 0 radical (unpaired) electrons. The van der Waals surface area contributed by atoms with Crippen molar-refractivity contribution in [3.8, 4) is 0 Å². The molecule has 1 atom stereocenters. The van der Waals surface area contributed by atoms with Gasteiger partial charge in [0.05, 0.1) is 4.90 Å². The van der Waals surface area contributed by atoms with Gasteiger partial charge in [-0.25, -0.2) is 13.1 Å². The monoisotopic (exact) mass is 384 g/mol. The number of amides is 1. The van der Waals surface area contributed by atoms with Crippen LogP contribution in [0.15, 0.2) is 29.2 Å². The summed E-state index contributed by atoms with van der Waals surface area (Å²) in [5, 5.41) is 2.60. The average Bonchev–Trinajstić information content (AvgIpc) is 2.52. The minimum absolute atomic E-state index is 0.109. The summed E-state index contributed by atoms with van der Waals surface area (Å²) in [6.07, 6.45) is 0.0405. The van der Waals surface area contributed by atoms with Crippen LogP contribution < -0.4 is 10.0 Å². The Morgan fingerprint density at radius 1 is 1.04 bits per heavy atom. The van der Waals surface area contributed by atoms with E-state index in [1.54, 1.807) is 13.8 Å². The summed E-state index contributed by atoms with van der Waals surface area (Å²) in [7, 11) is -3.58. The Balaban J connectivity index is 2.63. The van der Waals surface area contributed by atoms with Gasteiger partial charge in [0.15, 0.2) is 6.10 Å². The average molecular weight is 384 g/mol. The molecule has 0 spiro atoms. The molecule has 0 bridgehead atoms. The number of anilines is 1. The molecule has 26 heavy (non-hydrogen) atoms. The predicted octanol–water partition coefficient (Wildman–Crippen LogP) is 2.68. The number of hydrogen-bond acceptors (Lipinski definition) is 5. The molecule has 1 rings (SSSR count). The van der Waals surface area contributed by atoms with Gasteiger partial charge in [-0.2, -0.15) is 0 Å². The van der Waals surface area contributed by atoms with E-state index >= 15 is 0 Å². The minimum Gasteiger partial charge on any atom is -0.453 e. The Morgan fingerprint density at radius 3 is 2.12 bits per heavy atom. The summed E-state index contributed by atoms with van der Waals surface area (Å²) < 4.78 is 31.7. The fourth-order valence-corrected chi connectivity index (χ4v) is 3.31. The maximum atomic E-state index is 12.1. The Morgan fingerprint density at radius 2 is 1.62 bits per heavy atom. The van der Waals surface area contributed by atoms with Gasteiger partial charge in [0, 0.05) is 18.2 Å². The second-order valence-electron chi connectivity index (χ2n) is 6.85. The third-order valence-corrected chi connectivity index (χ3v) is 5.10. The van der Waals surface area contributed by atoms with Crippen LogP contribution in [0.4, 0.5) is 5.69 Å². The highest BCUT2D eigenvalue weighted by atomic mass is 32.2. The molecule has 0 aliphatic rings. The lowest BCUT2D eigenvalue weighted by molar-refractivity contribution is -0.153. The molecule has 0 fully saturated rings. The van der Waals surface area contributed by atoms with E-state index in [4.69, 9.17) is 4.74 Å². The van der Waals surface area contributed by atoms with Crippen LogP contribution in [0.25, 0.3) is 0 Å². The second-order valence-corrected chi connectivity index (χ2v) is 8.57. The second kappa shape index (κ2) is 9.68. The van der Waals surface area contributed by atoms with Gasteiger partial charge in [-0.1, -0.05) is 13.8 Å². The number of nitrogens with one attached hydrogen (secondary N) is 2. The van der Waals surface area contributed by atoms with Crippen LogP contribution in [-0.2, 0) is 24.3 Å². The van der Waals surface area contributed by atoms with Crippen LogP contribution in [0.1, 0.15) is 47.5 Å². The number of carbonyl (C=O) groups excluding carboxylic acids is 2. The summed E-state index contributed by atoms with van der Waals surface area (Å²) in [6.45, 7) is 8.97. The fraction of sp³-hybridized carbons (Fsp3) is 0.556. The van der Waals surface area contributed by atoms with Gasteiger partial charge in [0.2, 0.25) is 10.0 Å². The Bertz CT molecular complexity index is 712. The van der Waals surface area contributed by atoms with Crippen LogP contribution >= 0.6 is 0 Å². The first kappa shape index (κ1) is 22.1. The number of esters is 1. The molecule has 1 aromatic carbocycles. The quantitative estimate of drug-likeness (QED) is 0.638. The predicted molar refractivity (Wildman–Crippen MR) is 100 cm³/mol. The summed E-state index contributed by atoms with van der Waals surface area (Å²) in [6, 6.07) is 5.56. The minimum atomic E-state index is -3.58. The Kier molecular flexibility index (Phi) is 8.23. The summed E-state index contributed by atoms with van der Waals surface area (Å²) in [4.78, 5) is 23.9. The van der Waals surface area contributed by atoms with Crippen LogP contribution in [-0.4, -0.2) is 32.4 Å². The molecule has 1 aromatic rings. The van der Waals surface area contributed by atoms with Crippen LogP contribution in [0, 0.1) is 5.92 Å². The molecule has 0 unspecified atom stereocenters. The number of hydrogen-bond donors (Lipinski definition) is 2. The van der Waals surface area contributed by atoms with Gasteiger partial charge >= 0.3 is 5.97 Å². The largest absolute Gasteiger partial charge is 0.453 e. The normalized spacial score (nSPS) is 12.9. The van der Waals surface area contributed by atoms with E-state index < -0.39 is 28.0 Å². The zero-order chi connectivity index (χ0) is 19.9. The van der Waals surface area contributed by atoms with Crippen molar-refractivity contribution in [3.05, 3.63) is 24.3 Å². The molecule has 0 heterocycles. The number of carbonyl (C=O) groups is 2. The molecule has 8 heteroatoms. The van der Waals surface area contributed by atoms with Crippen molar-refractivity contribution >= 4 is 27.6 Å². The lowest BCUT2D eigenvalue weighted by Gasteiger charge is -2.14. The SMILES string of the molecule is CC(C)CCC(=O)O[C@@H](C)C(=O)Nc1ccc(S(=O)(=O)NC(C)C)cc1. The molecule has 0 saturated carbocycles. The molecule has 2 N–H and O–H groups in total. The highest BCUT2D eigenvalue weighted by molar-refractivity contribution is 7.89. The first-order valence-corrected chi connectivity index (χ1v) is 10.1. The van der Waals surface area contributed by atoms with E-state index in [1.165, 1.54) is 31.2 Å². The molecular formula is C18H28N2O5S. The van der Waals surface area contributed by atoms with E-state index in [1.807, 2.05) is 13.8 Å². The lowest BCUT2D eigenvalue weighted by Crippen LogP contribution is -2.30. The molecule has 7 nitrogen and oxygen atoms in total. The van der Waals surface area contributed by atoms with Gasteiger partial charge < -0.3 is 10.1 Å². The lowest BCUT2D eigenvalue weighted by atomic mass is 10.1. The van der Waals surface area contributed by atoms with Crippen molar-refractivity contribution in [1.82, 2.24) is 4.72 Å². The van der Waals surface area contributed by atoms with Crippen molar-refractivity contribution in [2.24, 2.45) is 5.92 Å². The van der Waals surface area contributed by atoms with Gasteiger partial charge in [0.25, 0.3) is 5.91 Å². The van der Waals surface area contributed by atoms with Crippen molar-refractivity contribution in [2.45, 2.75) is 64.5 Å². The van der Waals surface area contributed by atoms with E-state index in [0.717, 1.165) is 0 Å². The van der Waals surface area contributed by atoms with Crippen molar-refractivity contribution in [2.75, 3.05) is 5.32 Å². The Labute approximate surface area is 155 Å². The number of benzene rings is 1. The maximum absolute atomic E-state index is 12.1. The summed E-state index contributed by atoms with van der Waals surface area (Å²) >= 11 is 0. The maximum Gasteiger partial charge on any atom is 0.306 e. The van der Waals surface area contributed by atoms with Gasteiger partial charge in [0.1, 0.15) is 0 Å². The Hall–Kier alpha value is -1.93. The molecule has 146 valence electrons. The molecular weight excluding hydrogens is 356 g/mol. The standard InChI is InChI=1S/C18H28N2O5S/c1-12(2)6-11-17(21)25-14(5)18(22)19-15-7-9-16(10-8-15)26(23,24)20-13(3)4/h7-10,12-14,20H,6,11H2,1-5H3,(H,19,22)/t14-/m0/s1. The summed E-state index contributed by atoms with van der Waals surface area (Å²) in [5.74, 6) is -0.506. The van der Waals surface area contributed by atoms with E-state index in [9.17, 15) is 18.0 Å². The smallest absolute Gasteiger partial charge is 0.306 e. The van der Waals surface area contributed by atoms with Crippen molar-refractivity contribution < 1.29 is 22.7 Å². The van der Waals surface area contributed by atoms with Gasteiger partial charge in [-0.05, 0) is 57.4 Å². The third-order valence-electron chi connectivity index (χ3n) is 3.43. The van der Waals surface area contributed by atoms with Crippen LogP contribution in [0.2, 0.25) is 0 Å². The highest BCUT2D eigenvalue weighted by Gasteiger charge is 2.19. The van der Waals surface area contributed by atoms with Crippen LogP contribution in [0.5, 0.6) is 0 Å². The molecule has 0 aliphatic carbocycles. The zero-order valence-corrected chi connectivity index (χ0v) is 16.7. The van der Waals surface area contributed by atoms with E-state index in [0.29, 0.717) is 18.0 Å². The van der Waals surface area contributed by atoms with E-state index in [2.05, 4.69) is 10.0 Å². The fourth-order valence-electron chi connectivity index (χ4n) is 2.06. The van der Waals surface area contributed by atoms with Gasteiger partial charge in [-0.3, -0.25) is 9.59 Å². The zero-order valence-electron chi connectivity index (χ0n) is 15.9. The highest BCUT2D eigenvalue weighted by Crippen LogP contribution is 2.15. The summed E-state index contributed by atoms with van der Waals surface area (Å²) in [5.41, 5.74) is 0.420. The van der Waals surface area contributed by atoms with Crippen LogP contribution in [0.3, 0.4) is 0 Å². The number of rotatable bonds is 9.